The number of nitrogens with zero attached hydrogens (tertiary/aromatic N) is 7. The highest BCUT2D eigenvalue weighted by atomic mass is 35.5. The topological polar surface area (TPSA) is 249 Å². The number of tetrazole rings is 1. The predicted molar refractivity (Wildman–Crippen MR) is 134 cm³/mol. The summed E-state index contributed by atoms with van der Waals surface area (Å²) in [5, 5.41) is 36.3. The molecule has 0 spiro atoms. The number of aliphatic imine (C=N–C) groups is 1. The maximum absolute atomic E-state index is 13.0. The summed E-state index contributed by atoms with van der Waals surface area (Å²) in [6.07, 6.45) is -2.39. The number of sulfone groups is 1. The first-order chi connectivity index (χ1) is 17.8. The number of aliphatic hydroxyl groups is 2. The van der Waals surface area contributed by atoms with Gasteiger partial charge in [-0.15, -0.1) is 10.2 Å². The number of hydrogen-bond acceptors (Lipinski definition) is 14. The van der Waals surface area contributed by atoms with Crippen molar-refractivity contribution in [3.63, 3.8) is 0 Å². The zero-order valence-corrected chi connectivity index (χ0v) is 22.5. The van der Waals surface area contributed by atoms with Gasteiger partial charge in [-0.25, -0.2) is 8.42 Å². The van der Waals surface area contributed by atoms with E-state index in [-0.39, 0.29) is 22.8 Å². The molecule has 0 amide bonds. The Labute approximate surface area is 221 Å². The second-order valence-electron chi connectivity index (χ2n) is 9.00. The number of anilines is 2. The molecule has 0 aromatic carbocycles. The average molecular weight is 596 g/mol. The van der Waals surface area contributed by atoms with E-state index in [4.69, 9.17) is 16.3 Å². The van der Waals surface area contributed by atoms with Gasteiger partial charge in [-0.2, -0.15) is 15.2 Å². The fraction of sp³-hybridized carbons (Fsp3) is 0.667. The van der Waals surface area contributed by atoms with E-state index in [2.05, 4.69) is 42.4 Å². The molecule has 2 aliphatic rings. The van der Waals surface area contributed by atoms with Crippen molar-refractivity contribution in [1.82, 2.24) is 30.6 Å². The summed E-state index contributed by atoms with van der Waals surface area (Å²) < 4.78 is 43.7. The van der Waals surface area contributed by atoms with Crippen LogP contribution in [-0.2, 0) is 19.1 Å². The molecule has 1 aliphatic carbocycles. The molecular formula is C18H27ClN9O8PS. The van der Waals surface area contributed by atoms with E-state index in [1.54, 1.807) is 0 Å². The molecule has 6 N–H and O–H groups in total. The van der Waals surface area contributed by atoms with Gasteiger partial charge >= 0.3 is 7.60 Å². The summed E-state index contributed by atoms with van der Waals surface area (Å²) in [6, 6.07) is 0.144. The number of nitrogens with one attached hydrogen (secondary N) is 2. The van der Waals surface area contributed by atoms with Crippen molar-refractivity contribution in [1.29, 1.82) is 0 Å². The molecular weight excluding hydrogens is 569 g/mol. The van der Waals surface area contributed by atoms with Crippen molar-refractivity contribution in [2.45, 2.75) is 61.3 Å². The van der Waals surface area contributed by atoms with E-state index in [1.807, 2.05) is 5.21 Å². The first-order valence-corrected chi connectivity index (χ1v) is 15.2. The normalized spacial score (nSPS) is 25.4. The van der Waals surface area contributed by atoms with Gasteiger partial charge in [0.15, 0.2) is 27.7 Å². The molecule has 0 radical (unpaired) electrons. The number of likely N-dealkylation sites (N-methyl/N-ethyl adjacent to an activating group) is 1. The fourth-order valence-electron chi connectivity index (χ4n) is 4.59. The quantitative estimate of drug-likeness (QED) is 0.115. The van der Waals surface area contributed by atoms with Gasteiger partial charge in [-0.05, 0) is 31.2 Å². The standard InChI is InChI=1S/C18H27ClN9O8PS/c1-20-10-13(21-8-5-3-4-6-8)22-18(19)23-15(10)28(2)16-12(30)11(29)9(36-16)7-38(34,35)17(37(31,32)33)14-24-26-27-25-14/h8-9,11-12,16-17,29-30H,1,3-7H2,2H3,(H,21,22,23)(H2,31,32,33)(H,24,25,26,27)/t9-,11-,12-,16-,17?/m1/s1. The number of ether oxygens (including phenoxy) is 1. The molecule has 210 valence electrons. The van der Waals surface area contributed by atoms with Gasteiger partial charge in [-0.3, -0.25) is 9.56 Å². The van der Waals surface area contributed by atoms with E-state index in [1.165, 1.54) is 11.9 Å². The van der Waals surface area contributed by atoms with Crippen molar-refractivity contribution in [2.24, 2.45) is 4.99 Å². The Hall–Kier alpha value is -2.31. The fourth-order valence-corrected chi connectivity index (χ4v) is 8.44. The highest BCUT2D eigenvalue weighted by molar-refractivity contribution is 7.97. The molecule has 2 aromatic rings. The van der Waals surface area contributed by atoms with Crippen molar-refractivity contribution in [2.75, 3.05) is 23.0 Å². The van der Waals surface area contributed by atoms with E-state index < -0.39 is 58.5 Å². The van der Waals surface area contributed by atoms with Gasteiger partial charge in [0, 0.05) is 13.1 Å². The van der Waals surface area contributed by atoms with Gasteiger partial charge in [0.25, 0.3) is 0 Å². The highest BCUT2D eigenvalue weighted by Crippen LogP contribution is 2.54. The molecule has 4 rings (SSSR count). The van der Waals surface area contributed by atoms with Crippen LogP contribution in [0, 0.1) is 0 Å². The first-order valence-electron chi connectivity index (χ1n) is 11.4. The number of rotatable bonds is 10. The lowest BCUT2D eigenvalue weighted by Crippen LogP contribution is -2.42. The minimum Gasteiger partial charge on any atom is -0.387 e. The summed E-state index contributed by atoms with van der Waals surface area (Å²) in [6.45, 7) is 3.56. The molecule has 5 atom stereocenters. The number of halogens is 1. The Morgan fingerprint density at radius 3 is 2.55 bits per heavy atom. The summed E-state index contributed by atoms with van der Waals surface area (Å²) >= 11 is 6.15. The third-order valence-electron chi connectivity index (χ3n) is 6.37. The maximum Gasteiger partial charge on any atom is 0.351 e. The number of hydrogen-bond donors (Lipinski definition) is 6. The van der Waals surface area contributed by atoms with Crippen LogP contribution in [-0.4, -0.2) is 109 Å². The summed E-state index contributed by atoms with van der Waals surface area (Å²) in [5.41, 5.74) is 0.198. The SMILES string of the molecule is C=Nc1c(NC2CCCC2)nc(Cl)nc1N(C)[C@@H]1O[C@H](CS(=O)(=O)C(c2nn[nH]n2)P(=O)(O)O)[C@@H](O)[C@H]1O. The second kappa shape index (κ2) is 11.1. The minimum atomic E-state index is -5.34. The molecule has 2 fully saturated rings. The van der Waals surface area contributed by atoms with Crippen LogP contribution in [0.3, 0.4) is 0 Å². The van der Waals surface area contributed by atoms with Crippen molar-refractivity contribution in [3.8, 4) is 0 Å². The summed E-state index contributed by atoms with van der Waals surface area (Å²) in [7, 11) is -8.63. The zero-order valence-electron chi connectivity index (χ0n) is 20.0. The predicted octanol–water partition coefficient (Wildman–Crippen LogP) is -0.496. The van der Waals surface area contributed by atoms with Crippen LogP contribution < -0.4 is 10.2 Å². The molecule has 17 nitrogen and oxygen atoms in total. The number of aliphatic hydroxyl groups excluding tert-OH is 2. The Balaban J connectivity index is 1.59. The molecule has 1 saturated heterocycles. The molecule has 2 aromatic heterocycles. The molecule has 1 saturated carbocycles. The van der Waals surface area contributed by atoms with E-state index in [9.17, 15) is 33.0 Å². The Morgan fingerprint density at radius 2 is 1.97 bits per heavy atom. The van der Waals surface area contributed by atoms with E-state index >= 15 is 0 Å². The monoisotopic (exact) mass is 595 g/mol. The lowest BCUT2D eigenvalue weighted by atomic mass is 10.1. The summed E-state index contributed by atoms with van der Waals surface area (Å²) in [5.74, 6) is -1.43. The van der Waals surface area contributed by atoms with Crippen LogP contribution in [0.1, 0.15) is 36.5 Å². The Kier molecular flexibility index (Phi) is 8.34. The van der Waals surface area contributed by atoms with Crippen molar-refractivity contribution in [3.05, 3.63) is 11.1 Å². The molecule has 0 bridgehead atoms. The van der Waals surface area contributed by atoms with Crippen molar-refractivity contribution < 1.29 is 37.7 Å². The molecule has 1 unspecified atom stereocenters. The van der Waals surface area contributed by atoms with Gasteiger partial charge in [-0.1, -0.05) is 18.1 Å². The molecule has 20 heteroatoms. The van der Waals surface area contributed by atoms with Gasteiger partial charge in [0.2, 0.25) is 16.1 Å². The van der Waals surface area contributed by atoms with Gasteiger partial charge < -0.3 is 35.0 Å². The van der Waals surface area contributed by atoms with Crippen molar-refractivity contribution >= 4 is 53.1 Å². The summed E-state index contributed by atoms with van der Waals surface area (Å²) in [4.78, 5) is 30.6. The minimum absolute atomic E-state index is 0.0835. The second-order valence-corrected chi connectivity index (χ2v) is 13.5. The van der Waals surface area contributed by atoms with Crippen LogP contribution in [0.5, 0.6) is 0 Å². The Morgan fingerprint density at radius 1 is 1.29 bits per heavy atom. The largest absolute Gasteiger partial charge is 0.387 e. The van der Waals surface area contributed by atoms with Crippen LogP contribution in [0.25, 0.3) is 0 Å². The average Bonchev–Trinajstić information content (AvgIpc) is 3.58. The lowest BCUT2D eigenvalue weighted by molar-refractivity contribution is 0.0182. The first kappa shape index (κ1) is 28.7. The van der Waals surface area contributed by atoms with Gasteiger partial charge in [0.1, 0.15) is 24.0 Å². The van der Waals surface area contributed by atoms with E-state index in [0.717, 1.165) is 25.7 Å². The van der Waals surface area contributed by atoms with Gasteiger partial charge in [0.05, 0.1) is 5.75 Å². The van der Waals surface area contributed by atoms with Crippen LogP contribution in [0.15, 0.2) is 4.99 Å². The third-order valence-corrected chi connectivity index (χ3v) is 10.9. The van der Waals surface area contributed by atoms with E-state index in [0.29, 0.717) is 5.82 Å². The number of H-pyrrole nitrogens is 1. The molecule has 3 heterocycles. The maximum atomic E-state index is 13.0. The van der Waals surface area contributed by atoms with Crippen LogP contribution in [0.4, 0.5) is 17.3 Å². The Bertz CT molecular complexity index is 1310. The highest BCUT2D eigenvalue weighted by Gasteiger charge is 2.51. The lowest BCUT2D eigenvalue weighted by Gasteiger charge is -2.29. The number of aromatic nitrogens is 6. The smallest absolute Gasteiger partial charge is 0.351 e. The third kappa shape index (κ3) is 5.81. The number of aromatic amines is 1. The molecule has 38 heavy (non-hydrogen) atoms. The van der Waals surface area contributed by atoms with Crippen LogP contribution in [0.2, 0.25) is 5.28 Å². The van der Waals surface area contributed by atoms with Crippen LogP contribution >= 0.6 is 19.2 Å². The zero-order chi connectivity index (χ0) is 27.8. The molecule has 1 aliphatic heterocycles.